The summed E-state index contributed by atoms with van der Waals surface area (Å²) in [7, 11) is 0. The molecular weight excluding hydrogens is 430 g/mol. The van der Waals surface area contributed by atoms with Gasteiger partial charge in [-0.25, -0.2) is 0 Å². The molecule has 0 unspecified atom stereocenters. The Morgan fingerprint density at radius 3 is 2.47 bits per heavy atom. The summed E-state index contributed by atoms with van der Waals surface area (Å²) >= 11 is 0. The molecule has 0 aromatic heterocycles. The number of nitriles is 1. The van der Waals surface area contributed by atoms with E-state index in [1.54, 1.807) is 24.3 Å². The van der Waals surface area contributed by atoms with Crippen molar-refractivity contribution in [2.75, 3.05) is 5.32 Å². The fourth-order valence-corrected chi connectivity index (χ4v) is 3.37. The molecule has 0 saturated heterocycles. The van der Waals surface area contributed by atoms with Crippen LogP contribution in [0.1, 0.15) is 11.1 Å². The zero-order chi connectivity index (χ0) is 23.9. The van der Waals surface area contributed by atoms with Gasteiger partial charge in [0, 0.05) is 17.8 Å². The van der Waals surface area contributed by atoms with Gasteiger partial charge in [-0.15, -0.1) is 0 Å². The molecule has 0 aliphatic rings. The third-order valence-corrected chi connectivity index (χ3v) is 5.09. The molecule has 7 nitrogen and oxygen atoms in total. The highest BCUT2D eigenvalue weighted by Crippen LogP contribution is 2.20. The highest BCUT2D eigenvalue weighted by molar-refractivity contribution is 6.09. The summed E-state index contributed by atoms with van der Waals surface area (Å²) in [6, 6.07) is 28.7. The molecule has 7 heteroatoms. The van der Waals surface area contributed by atoms with Crippen LogP contribution in [0.2, 0.25) is 0 Å². The minimum atomic E-state index is -0.653. The molecule has 0 fully saturated rings. The van der Waals surface area contributed by atoms with Crippen LogP contribution in [0.5, 0.6) is 5.75 Å². The number of anilines is 1. The number of nitro groups is 1. The molecule has 0 spiro atoms. The van der Waals surface area contributed by atoms with E-state index in [9.17, 15) is 20.2 Å². The monoisotopic (exact) mass is 449 g/mol. The highest BCUT2D eigenvalue weighted by atomic mass is 16.6. The molecule has 4 aromatic rings. The maximum absolute atomic E-state index is 12.5. The lowest BCUT2D eigenvalue weighted by molar-refractivity contribution is -0.384. The molecule has 0 heterocycles. The van der Waals surface area contributed by atoms with E-state index < -0.39 is 10.8 Å². The molecule has 0 aliphatic heterocycles. The van der Waals surface area contributed by atoms with E-state index in [4.69, 9.17) is 4.74 Å². The van der Waals surface area contributed by atoms with E-state index in [-0.39, 0.29) is 16.9 Å². The molecule has 4 rings (SSSR count). The van der Waals surface area contributed by atoms with Crippen molar-refractivity contribution < 1.29 is 14.5 Å². The number of nitro benzene ring substituents is 1. The average molecular weight is 449 g/mol. The lowest BCUT2D eigenvalue weighted by Gasteiger charge is -2.08. The normalized spacial score (nSPS) is 11.0. The smallest absolute Gasteiger partial charge is 0.271 e. The van der Waals surface area contributed by atoms with Crippen LogP contribution < -0.4 is 10.1 Å². The standard InChI is InChI=1S/C27H19N3O4/c28-17-23(27(31)29-24-6-3-7-25(16-24)30(32)33)14-19-9-12-26(13-10-19)34-18-20-8-11-21-4-1-2-5-22(21)15-20/h1-16H,18H2,(H,29,31)/b23-14+. The van der Waals surface area contributed by atoms with Crippen LogP contribution in [0.15, 0.2) is 96.6 Å². The second-order valence-electron chi connectivity index (χ2n) is 7.47. The lowest BCUT2D eigenvalue weighted by atomic mass is 10.1. The van der Waals surface area contributed by atoms with Crippen molar-refractivity contribution in [2.24, 2.45) is 0 Å². The first-order valence-corrected chi connectivity index (χ1v) is 10.4. The topological polar surface area (TPSA) is 105 Å². The summed E-state index contributed by atoms with van der Waals surface area (Å²) in [4.78, 5) is 22.8. The fourth-order valence-electron chi connectivity index (χ4n) is 3.37. The van der Waals surface area contributed by atoms with Crippen molar-refractivity contribution in [3.63, 3.8) is 0 Å². The summed E-state index contributed by atoms with van der Waals surface area (Å²) in [5, 5.41) is 25.1. The van der Waals surface area contributed by atoms with E-state index in [2.05, 4.69) is 29.6 Å². The number of ether oxygens (including phenoxy) is 1. The molecule has 0 aliphatic carbocycles. The van der Waals surface area contributed by atoms with Crippen LogP contribution in [0.3, 0.4) is 0 Å². The Kier molecular flexibility index (Phi) is 6.61. The number of rotatable bonds is 7. The van der Waals surface area contributed by atoms with Crippen LogP contribution in [-0.4, -0.2) is 10.8 Å². The SMILES string of the molecule is N#C/C(=C\c1ccc(OCc2ccc3ccccc3c2)cc1)C(=O)Nc1cccc([N+](=O)[O-])c1. The van der Waals surface area contributed by atoms with Crippen LogP contribution in [0, 0.1) is 21.4 Å². The second-order valence-corrected chi connectivity index (χ2v) is 7.47. The quantitative estimate of drug-likeness (QED) is 0.164. The molecule has 4 aromatic carbocycles. The largest absolute Gasteiger partial charge is 0.489 e. The molecule has 1 amide bonds. The Morgan fingerprint density at radius 2 is 1.74 bits per heavy atom. The molecule has 166 valence electrons. The summed E-state index contributed by atoms with van der Waals surface area (Å²) in [6.45, 7) is 0.412. The number of carbonyl (C=O) groups is 1. The summed E-state index contributed by atoms with van der Waals surface area (Å²) < 4.78 is 5.86. The van der Waals surface area contributed by atoms with Gasteiger partial charge < -0.3 is 10.1 Å². The Bertz CT molecular complexity index is 1440. The van der Waals surface area contributed by atoms with Crippen LogP contribution in [-0.2, 0) is 11.4 Å². The second kappa shape index (κ2) is 10.1. The van der Waals surface area contributed by atoms with Gasteiger partial charge in [0.1, 0.15) is 24.0 Å². The Hall–Kier alpha value is -4.96. The molecule has 0 saturated carbocycles. The predicted octanol–water partition coefficient (Wildman–Crippen LogP) is 5.87. The highest BCUT2D eigenvalue weighted by Gasteiger charge is 2.12. The molecule has 34 heavy (non-hydrogen) atoms. The molecular formula is C27H19N3O4. The van der Waals surface area contributed by atoms with Gasteiger partial charge in [0.15, 0.2) is 0 Å². The number of benzene rings is 4. The van der Waals surface area contributed by atoms with Crippen LogP contribution >= 0.6 is 0 Å². The third-order valence-electron chi connectivity index (χ3n) is 5.09. The number of nitrogens with one attached hydrogen (secondary N) is 1. The maximum atomic E-state index is 12.5. The van der Waals surface area contributed by atoms with Crippen molar-refractivity contribution in [3.05, 3.63) is 118 Å². The minimum Gasteiger partial charge on any atom is -0.489 e. The first kappa shape index (κ1) is 22.2. The Labute approximate surface area is 195 Å². The number of non-ortho nitro benzene ring substituents is 1. The molecule has 0 bridgehead atoms. The van der Waals surface area contributed by atoms with E-state index in [1.165, 1.54) is 35.7 Å². The molecule has 0 radical (unpaired) electrons. The summed E-state index contributed by atoms with van der Waals surface area (Å²) in [5.41, 5.74) is 1.64. The van der Waals surface area contributed by atoms with Gasteiger partial charge >= 0.3 is 0 Å². The van der Waals surface area contributed by atoms with Crippen LogP contribution in [0.25, 0.3) is 16.8 Å². The summed E-state index contributed by atoms with van der Waals surface area (Å²) in [6.07, 6.45) is 1.44. The van der Waals surface area contributed by atoms with Gasteiger partial charge in [0.05, 0.1) is 4.92 Å². The Balaban J connectivity index is 1.40. The van der Waals surface area contributed by atoms with Gasteiger partial charge in [-0.1, -0.05) is 54.6 Å². The lowest BCUT2D eigenvalue weighted by Crippen LogP contribution is -2.13. The molecule has 0 atom stereocenters. The first-order valence-electron chi connectivity index (χ1n) is 10.4. The van der Waals surface area contributed by atoms with E-state index >= 15 is 0 Å². The Morgan fingerprint density at radius 1 is 0.971 bits per heavy atom. The average Bonchev–Trinajstić information content (AvgIpc) is 2.86. The van der Waals surface area contributed by atoms with Gasteiger partial charge in [-0.3, -0.25) is 14.9 Å². The van der Waals surface area contributed by atoms with E-state index in [0.29, 0.717) is 17.9 Å². The zero-order valence-electron chi connectivity index (χ0n) is 18.0. The number of carbonyl (C=O) groups excluding carboxylic acids is 1. The van der Waals surface area contributed by atoms with Gasteiger partial charge in [0.25, 0.3) is 11.6 Å². The fraction of sp³-hybridized carbons (Fsp3) is 0.0370. The number of amides is 1. The zero-order valence-corrected chi connectivity index (χ0v) is 18.0. The number of hydrogen-bond acceptors (Lipinski definition) is 5. The summed E-state index contributed by atoms with van der Waals surface area (Å²) in [5.74, 6) is 0.00416. The number of fused-ring (bicyclic) bond motifs is 1. The van der Waals surface area contributed by atoms with Crippen molar-refractivity contribution in [2.45, 2.75) is 6.61 Å². The van der Waals surface area contributed by atoms with Gasteiger partial charge in [-0.05, 0) is 52.2 Å². The predicted molar refractivity (Wildman–Crippen MR) is 130 cm³/mol. The number of hydrogen-bond donors (Lipinski definition) is 1. The van der Waals surface area contributed by atoms with Crippen molar-refractivity contribution in [1.29, 1.82) is 5.26 Å². The van der Waals surface area contributed by atoms with Crippen molar-refractivity contribution >= 4 is 34.1 Å². The van der Waals surface area contributed by atoms with Crippen molar-refractivity contribution in [1.82, 2.24) is 0 Å². The molecule has 1 N–H and O–H groups in total. The first-order chi connectivity index (χ1) is 16.5. The number of nitrogens with zero attached hydrogens (tertiary/aromatic N) is 2. The minimum absolute atomic E-state index is 0.128. The van der Waals surface area contributed by atoms with Gasteiger partial charge in [-0.2, -0.15) is 5.26 Å². The van der Waals surface area contributed by atoms with Crippen molar-refractivity contribution in [3.8, 4) is 11.8 Å². The maximum Gasteiger partial charge on any atom is 0.271 e. The van der Waals surface area contributed by atoms with E-state index in [0.717, 1.165) is 10.9 Å². The van der Waals surface area contributed by atoms with E-state index in [1.807, 2.05) is 24.3 Å². The van der Waals surface area contributed by atoms with Crippen LogP contribution in [0.4, 0.5) is 11.4 Å². The third kappa shape index (κ3) is 5.44. The van der Waals surface area contributed by atoms with Gasteiger partial charge in [0.2, 0.25) is 0 Å².